The fraction of sp³-hybridized carbons (Fsp3) is 0. The van der Waals surface area contributed by atoms with Gasteiger partial charge >= 0.3 is 0 Å². The highest BCUT2D eigenvalue weighted by atomic mass is 79.9. The van der Waals surface area contributed by atoms with E-state index in [0.29, 0.717) is 16.5 Å². The second kappa shape index (κ2) is 4.69. The number of fused-ring (bicyclic) bond motifs is 1. The second-order valence-electron chi connectivity index (χ2n) is 4.01. The molecule has 0 N–H and O–H groups in total. The molecule has 2 aromatic heterocycles. The van der Waals surface area contributed by atoms with Crippen molar-refractivity contribution >= 4 is 33.0 Å². The quantitative estimate of drug-likeness (QED) is 0.667. The average Bonchev–Trinajstić information content (AvgIpc) is 2.76. The number of halogens is 2. The van der Waals surface area contributed by atoms with E-state index in [4.69, 9.17) is 16.9 Å². The van der Waals surface area contributed by atoms with Crippen LogP contribution in [0, 0.1) is 11.3 Å². The summed E-state index contributed by atoms with van der Waals surface area (Å²) in [4.78, 5) is 4.38. The van der Waals surface area contributed by atoms with Crippen LogP contribution >= 0.6 is 27.5 Å². The molecule has 92 valence electrons. The van der Waals surface area contributed by atoms with Crippen molar-refractivity contribution in [2.45, 2.75) is 0 Å². The topological polar surface area (TPSA) is 41.1 Å². The van der Waals surface area contributed by atoms with E-state index in [1.807, 2.05) is 47.0 Å². The Balaban J connectivity index is 2.35. The summed E-state index contributed by atoms with van der Waals surface area (Å²) in [6, 6.07) is 13.3. The molecule has 3 rings (SSSR count). The van der Waals surface area contributed by atoms with Crippen molar-refractivity contribution in [3.05, 3.63) is 57.8 Å². The summed E-state index contributed by atoms with van der Waals surface area (Å²) in [6.45, 7) is 0. The largest absolute Gasteiger partial charge is 0.297 e. The predicted octanol–water partition coefficient (Wildman–Crippen LogP) is 4.29. The van der Waals surface area contributed by atoms with Gasteiger partial charge in [0.25, 0.3) is 0 Å². The molecule has 0 saturated carbocycles. The first-order valence-electron chi connectivity index (χ1n) is 5.52. The molecule has 0 aliphatic carbocycles. The number of benzene rings is 1. The molecule has 0 radical (unpaired) electrons. The number of imidazole rings is 1. The molecule has 0 saturated heterocycles. The number of pyridine rings is 1. The van der Waals surface area contributed by atoms with Crippen LogP contribution in [0.15, 0.2) is 47.1 Å². The normalized spacial score (nSPS) is 10.6. The Morgan fingerprint density at radius 3 is 2.84 bits per heavy atom. The molecule has 0 spiro atoms. The summed E-state index contributed by atoms with van der Waals surface area (Å²) >= 11 is 9.43. The molecule has 1 aromatic carbocycles. The van der Waals surface area contributed by atoms with E-state index in [1.165, 1.54) is 0 Å². The first-order chi connectivity index (χ1) is 9.19. The highest BCUT2D eigenvalue weighted by Crippen LogP contribution is 2.26. The van der Waals surface area contributed by atoms with Crippen LogP contribution in [0.25, 0.3) is 16.9 Å². The van der Waals surface area contributed by atoms with Gasteiger partial charge in [-0.3, -0.25) is 4.40 Å². The average molecular weight is 333 g/mol. The van der Waals surface area contributed by atoms with Gasteiger partial charge in [0.2, 0.25) is 0 Å². The minimum Gasteiger partial charge on any atom is -0.297 e. The highest BCUT2D eigenvalue weighted by molar-refractivity contribution is 9.10. The zero-order valence-electron chi connectivity index (χ0n) is 9.64. The lowest BCUT2D eigenvalue weighted by molar-refractivity contribution is 1.15. The molecule has 0 atom stereocenters. The van der Waals surface area contributed by atoms with Gasteiger partial charge in [-0.25, -0.2) is 4.98 Å². The fourth-order valence-corrected chi connectivity index (χ4v) is 2.50. The van der Waals surface area contributed by atoms with E-state index in [9.17, 15) is 0 Å². The Kier molecular flexibility index (Phi) is 3.02. The predicted molar refractivity (Wildman–Crippen MR) is 78.1 cm³/mol. The first kappa shape index (κ1) is 12.2. The standard InChI is InChI=1S/C14H7BrClN3/c15-10-4-5-13-12(7-17)18-14(19(13)8-10)9-2-1-3-11(16)6-9/h1-6,8H. The maximum Gasteiger partial charge on any atom is 0.166 e. The van der Waals surface area contributed by atoms with Crippen LogP contribution in [0.3, 0.4) is 0 Å². The van der Waals surface area contributed by atoms with Crippen molar-refractivity contribution < 1.29 is 0 Å². The molecule has 2 heterocycles. The number of rotatable bonds is 1. The number of hydrogen-bond donors (Lipinski definition) is 0. The molecular weight excluding hydrogens is 326 g/mol. The first-order valence-corrected chi connectivity index (χ1v) is 6.70. The molecule has 3 nitrogen and oxygen atoms in total. The summed E-state index contributed by atoms with van der Waals surface area (Å²) in [6.07, 6.45) is 1.89. The molecule has 0 amide bonds. The molecule has 0 aliphatic heterocycles. The molecule has 5 heteroatoms. The molecule has 0 bridgehead atoms. The third-order valence-electron chi connectivity index (χ3n) is 2.79. The van der Waals surface area contributed by atoms with Gasteiger partial charge in [-0.15, -0.1) is 0 Å². The van der Waals surface area contributed by atoms with E-state index >= 15 is 0 Å². The van der Waals surface area contributed by atoms with Crippen LogP contribution in [0.5, 0.6) is 0 Å². The van der Waals surface area contributed by atoms with E-state index in [-0.39, 0.29) is 0 Å². The number of hydrogen-bond acceptors (Lipinski definition) is 2. The Morgan fingerprint density at radius 1 is 1.26 bits per heavy atom. The maximum absolute atomic E-state index is 9.16. The third-order valence-corrected chi connectivity index (χ3v) is 3.49. The summed E-state index contributed by atoms with van der Waals surface area (Å²) < 4.78 is 2.80. The van der Waals surface area contributed by atoms with Crippen molar-refractivity contribution in [3.63, 3.8) is 0 Å². The minimum absolute atomic E-state index is 0.405. The van der Waals surface area contributed by atoms with Gasteiger partial charge in [0.05, 0.1) is 5.52 Å². The highest BCUT2D eigenvalue weighted by Gasteiger charge is 2.12. The maximum atomic E-state index is 9.16. The van der Waals surface area contributed by atoms with Gasteiger partial charge in [0, 0.05) is 21.3 Å². The van der Waals surface area contributed by atoms with Gasteiger partial charge < -0.3 is 0 Å². The Bertz CT molecular complexity index is 817. The number of nitrogens with zero attached hydrogens (tertiary/aromatic N) is 3. The van der Waals surface area contributed by atoms with Crippen LogP contribution in [0.1, 0.15) is 5.69 Å². The van der Waals surface area contributed by atoms with Gasteiger partial charge in [0.15, 0.2) is 5.69 Å². The summed E-state index contributed by atoms with van der Waals surface area (Å²) in [5, 5.41) is 9.80. The molecular formula is C14H7BrClN3. The van der Waals surface area contributed by atoms with Crippen LogP contribution in [0.4, 0.5) is 0 Å². The SMILES string of the molecule is N#Cc1nc(-c2cccc(Cl)c2)n2cc(Br)ccc12. The smallest absolute Gasteiger partial charge is 0.166 e. The van der Waals surface area contributed by atoms with Crippen LogP contribution in [-0.4, -0.2) is 9.38 Å². The van der Waals surface area contributed by atoms with Crippen molar-refractivity contribution in [1.29, 1.82) is 5.26 Å². The Hall–Kier alpha value is -1.83. The Labute approximate surface area is 123 Å². The zero-order chi connectivity index (χ0) is 13.4. The lowest BCUT2D eigenvalue weighted by Gasteiger charge is -2.02. The lowest BCUT2D eigenvalue weighted by Crippen LogP contribution is -1.89. The molecule has 0 aliphatic rings. The number of aromatic nitrogens is 2. The molecule has 19 heavy (non-hydrogen) atoms. The summed E-state index contributed by atoms with van der Waals surface area (Å²) in [7, 11) is 0. The number of nitriles is 1. The molecule has 0 unspecified atom stereocenters. The fourth-order valence-electron chi connectivity index (χ4n) is 1.97. The molecule has 3 aromatic rings. The summed E-state index contributed by atoms with van der Waals surface area (Å²) in [5.41, 5.74) is 2.06. The van der Waals surface area contributed by atoms with Gasteiger partial charge in [-0.05, 0) is 40.2 Å². The van der Waals surface area contributed by atoms with Gasteiger partial charge in [-0.2, -0.15) is 5.26 Å². The minimum atomic E-state index is 0.405. The second-order valence-corrected chi connectivity index (χ2v) is 5.36. The van der Waals surface area contributed by atoms with Gasteiger partial charge in [-0.1, -0.05) is 23.7 Å². The van der Waals surface area contributed by atoms with E-state index in [1.54, 1.807) is 0 Å². The van der Waals surface area contributed by atoms with E-state index in [0.717, 1.165) is 15.6 Å². The monoisotopic (exact) mass is 331 g/mol. The van der Waals surface area contributed by atoms with Crippen molar-refractivity contribution in [2.75, 3.05) is 0 Å². The lowest BCUT2D eigenvalue weighted by atomic mass is 10.2. The third kappa shape index (κ3) is 2.12. The van der Waals surface area contributed by atoms with Crippen molar-refractivity contribution in [2.24, 2.45) is 0 Å². The van der Waals surface area contributed by atoms with Gasteiger partial charge in [0.1, 0.15) is 11.9 Å². The Morgan fingerprint density at radius 2 is 2.11 bits per heavy atom. The molecule has 0 fully saturated rings. The summed E-state index contributed by atoms with van der Waals surface area (Å²) in [5.74, 6) is 0.704. The van der Waals surface area contributed by atoms with Crippen LogP contribution in [-0.2, 0) is 0 Å². The van der Waals surface area contributed by atoms with Crippen molar-refractivity contribution in [3.8, 4) is 17.5 Å². The van der Waals surface area contributed by atoms with Crippen molar-refractivity contribution in [1.82, 2.24) is 9.38 Å². The van der Waals surface area contributed by atoms with E-state index in [2.05, 4.69) is 27.0 Å². The van der Waals surface area contributed by atoms with E-state index < -0.39 is 0 Å². The zero-order valence-corrected chi connectivity index (χ0v) is 12.0. The van der Waals surface area contributed by atoms with Crippen LogP contribution in [0.2, 0.25) is 5.02 Å². The van der Waals surface area contributed by atoms with Crippen LogP contribution < -0.4 is 0 Å².